The molecule has 1 aromatic rings. The summed E-state index contributed by atoms with van der Waals surface area (Å²) in [6.07, 6.45) is 4.69. The van der Waals surface area contributed by atoms with E-state index in [1.165, 1.54) is 24.8 Å². The van der Waals surface area contributed by atoms with Gasteiger partial charge < -0.3 is 5.32 Å². The molecular formula is C17H22ClNO. The first-order valence-electron chi connectivity index (χ1n) is 7.68. The van der Waals surface area contributed by atoms with E-state index in [4.69, 9.17) is 11.6 Å². The zero-order valence-electron chi connectivity index (χ0n) is 11.7. The van der Waals surface area contributed by atoms with Crippen molar-refractivity contribution in [3.63, 3.8) is 0 Å². The van der Waals surface area contributed by atoms with E-state index in [1.807, 2.05) is 18.2 Å². The predicted octanol–water partition coefficient (Wildman–Crippen LogP) is 3.56. The van der Waals surface area contributed by atoms with Gasteiger partial charge in [-0.15, -0.1) is 11.6 Å². The third kappa shape index (κ3) is 3.01. The van der Waals surface area contributed by atoms with Crippen molar-refractivity contribution < 1.29 is 4.79 Å². The van der Waals surface area contributed by atoms with Gasteiger partial charge in [-0.25, -0.2) is 0 Å². The van der Waals surface area contributed by atoms with E-state index in [0.29, 0.717) is 17.8 Å². The van der Waals surface area contributed by atoms with Gasteiger partial charge in [0.2, 0.25) is 5.91 Å². The molecule has 3 heteroatoms. The minimum atomic E-state index is 0.188. The van der Waals surface area contributed by atoms with Gasteiger partial charge in [-0.2, -0.15) is 0 Å². The summed E-state index contributed by atoms with van der Waals surface area (Å²) in [6.45, 7) is 0.814. The molecule has 2 aliphatic carbocycles. The van der Waals surface area contributed by atoms with Crippen molar-refractivity contribution in [2.75, 3.05) is 12.4 Å². The molecule has 1 aromatic carbocycles. The lowest BCUT2D eigenvalue weighted by Crippen LogP contribution is -2.32. The Bertz CT molecular complexity index is 461. The number of alkyl halides is 1. The molecule has 4 unspecified atom stereocenters. The molecular weight excluding hydrogens is 270 g/mol. The normalized spacial score (nSPS) is 32.0. The van der Waals surface area contributed by atoms with Gasteiger partial charge in [0.15, 0.2) is 0 Å². The second-order valence-electron chi connectivity index (χ2n) is 6.21. The predicted molar refractivity (Wildman–Crippen MR) is 81.9 cm³/mol. The molecule has 108 valence electrons. The summed E-state index contributed by atoms with van der Waals surface area (Å²) < 4.78 is 0. The SMILES string of the molecule is O=C(NCC1CCCC1CCl)C1CC1c1ccccc1. The first-order valence-corrected chi connectivity index (χ1v) is 8.21. The van der Waals surface area contributed by atoms with E-state index in [9.17, 15) is 4.79 Å². The van der Waals surface area contributed by atoms with Crippen molar-refractivity contribution in [3.05, 3.63) is 35.9 Å². The van der Waals surface area contributed by atoms with Crippen LogP contribution in [0.25, 0.3) is 0 Å². The molecule has 0 radical (unpaired) electrons. The molecule has 0 bridgehead atoms. The smallest absolute Gasteiger partial charge is 0.223 e. The van der Waals surface area contributed by atoms with Crippen LogP contribution in [0.3, 0.4) is 0 Å². The van der Waals surface area contributed by atoms with Crippen molar-refractivity contribution in [3.8, 4) is 0 Å². The van der Waals surface area contributed by atoms with Gasteiger partial charge in [-0.3, -0.25) is 4.79 Å². The summed E-state index contributed by atoms with van der Waals surface area (Å²) in [5.74, 6) is 2.78. The van der Waals surface area contributed by atoms with Gasteiger partial charge in [0.05, 0.1) is 0 Å². The number of carbonyl (C=O) groups excluding carboxylic acids is 1. The fraction of sp³-hybridized carbons (Fsp3) is 0.588. The Morgan fingerprint density at radius 1 is 1.20 bits per heavy atom. The largest absolute Gasteiger partial charge is 0.356 e. The molecule has 2 fully saturated rings. The van der Waals surface area contributed by atoms with Gasteiger partial charge in [-0.05, 0) is 42.6 Å². The van der Waals surface area contributed by atoms with Gasteiger partial charge in [-0.1, -0.05) is 36.8 Å². The molecule has 4 atom stereocenters. The second-order valence-corrected chi connectivity index (χ2v) is 6.52. The quantitative estimate of drug-likeness (QED) is 0.826. The molecule has 0 saturated heterocycles. The van der Waals surface area contributed by atoms with E-state index in [-0.39, 0.29) is 11.8 Å². The van der Waals surface area contributed by atoms with Crippen molar-refractivity contribution in [1.82, 2.24) is 5.32 Å². The number of hydrogen-bond donors (Lipinski definition) is 1. The summed E-state index contributed by atoms with van der Waals surface area (Å²) in [7, 11) is 0. The van der Waals surface area contributed by atoms with E-state index in [0.717, 1.165) is 18.8 Å². The van der Waals surface area contributed by atoms with Crippen LogP contribution in [0.4, 0.5) is 0 Å². The lowest BCUT2D eigenvalue weighted by Gasteiger charge is -2.17. The third-order valence-corrected chi connectivity index (χ3v) is 5.30. The van der Waals surface area contributed by atoms with Crippen LogP contribution in [-0.2, 0) is 4.79 Å². The van der Waals surface area contributed by atoms with Crippen molar-refractivity contribution in [1.29, 1.82) is 0 Å². The van der Waals surface area contributed by atoms with Crippen LogP contribution in [-0.4, -0.2) is 18.3 Å². The van der Waals surface area contributed by atoms with Gasteiger partial charge in [0, 0.05) is 18.3 Å². The fourth-order valence-electron chi connectivity index (χ4n) is 3.50. The Morgan fingerprint density at radius 2 is 1.95 bits per heavy atom. The highest BCUT2D eigenvalue weighted by Crippen LogP contribution is 2.47. The molecule has 3 rings (SSSR count). The van der Waals surface area contributed by atoms with Gasteiger partial charge in [0.25, 0.3) is 0 Å². The zero-order valence-corrected chi connectivity index (χ0v) is 12.5. The number of benzene rings is 1. The standard InChI is InChI=1S/C17H22ClNO/c18-10-13-7-4-8-14(13)11-19-17(20)16-9-15(16)12-5-2-1-3-6-12/h1-3,5-6,13-16H,4,7-11H2,(H,19,20). The van der Waals surface area contributed by atoms with Crippen LogP contribution in [0, 0.1) is 17.8 Å². The second kappa shape index (κ2) is 6.17. The van der Waals surface area contributed by atoms with E-state index in [2.05, 4.69) is 17.4 Å². The third-order valence-electron chi connectivity index (χ3n) is 4.91. The van der Waals surface area contributed by atoms with E-state index < -0.39 is 0 Å². The number of hydrogen-bond acceptors (Lipinski definition) is 1. The molecule has 0 heterocycles. The highest BCUT2D eigenvalue weighted by molar-refractivity contribution is 6.18. The van der Waals surface area contributed by atoms with E-state index >= 15 is 0 Å². The molecule has 1 N–H and O–H groups in total. The number of halogens is 1. The van der Waals surface area contributed by atoms with Crippen LogP contribution < -0.4 is 5.32 Å². The highest BCUT2D eigenvalue weighted by Gasteiger charge is 2.43. The van der Waals surface area contributed by atoms with Crippen molar-refractivity contribution in [2.24, 2.45) is 17.8 Å². The summed E-state index contributed by atoms with van der Waals surface area (Å²) in [5.41, 5.74) is 1.30. The average Bonchev–Trinajstić information content (AvgIpc) is 3.17. The lowest BCUT2D eigenvalue weighted by molar-refractivity contribution is -0.122. The summed E-state index contributed by atoms with van der Waals surface area (Å²) in [4.78, 5) is 12.2. The maximum Gasteiger partial charge on any atom is 0.223 e. The highest BCUT2D eigenvalue weighted by atomic mass is 35.5. The number of rotatable bonds is 5. The maximum atomic E-state index is 12.2. The Kier molecular flexibility index (Phi) is 4.30. The zero-order chi connectivity index (χ0) is 13.9. The number of amides is 1. The molecule has 2 aliphatic rings. The summed E-state index contributed by atoms with van der Waals surface area (Å²) >= 11 is 5.98. The first-order chi connectivity index (χ1) is 9.79. The van der Waals surface area contributed by atoms with Crippen LogP contribution in [0.5, 0.6) is 0 Å². The minimum absolute atomic E-state index is 0.188. The fourth-order valence-corrected chi connectivity index (χ4v) is 3.91. The maximum absolute atomic E-state index is 12.2. The molecule has 0 aromatic heterocycles. The number of nitrogens with one attached hydrogen (secondary N) is 1. The lowest BCUT2D eigenvalue weighted by atomic mass is 9.98. The molecule has 0 aliphatic heterocycles. The summed E-state index contributed by atoms with van der Waals surface area (Å²) in [5, 5.41) is 3.15. The Balaban J connectivity index is 1.47. The summed E-state index contributed by atoms with van der Waals surface area (Å²) in [6, 6.07) is 10.4. The van der Waals surface area contributed by atoms with Crippen molar-refractivity contribution in [2.45, 2.75) is 31.6 Å². The molecule has 20 heavy (non-hydrogen) atoms. The first kappa shape index (κ1) is 13.9. The minimum Gasteiger partial charge on any atom is -0.356 e. The van der Waals surface area contributed by atoms with E-state index in [1.54, 1.807) is 0 Å². The molecule has 0 spiro atoms. The number of carbonyl (C=O) groups is 1. The molecule has 1 amide bonds. The topological polar surface area (TPSA) is 29.1 Å². The Hall–Kier alpha value is -1.02. The van der Waals surface area contributed by atoms with Gasteiger partial charge >= 0.3 is 0 Å². The van der Waals surface area contributed by atoms with Crippen LogP contribution in [0.15, 0.2) is 30.3 Å². The van der Waals surface area contributed by atoms with Crippen molar-refractivity contribution >= 4 is 17.5 Å². The Labute approximate surface area is 125 Å². The monoisotopic (exact) mass is 291 g/mol. The van der Waals surface area contributed by atoms with Gasteiger partial charge in [0.1, 0.15) is 0 Å². The molecule has 2 saturated carbocycles. The molecule has 2 nitrogen and oxygen atoms in total. The van der Waals surface area contributed by atoms with Crippen LogP contribution in [0.1, 0.15) is 37.2 Å². The van der Waals surface area contributed by atoms with Crippen LogP contribution in [0.2, 0.25) is 0 Å². The van der Waals surface area contributed by atoms with Crippen LogP contribution >= 0.6 is 11.6 Å². The Morgan fingerprint density at radius 3 is 2.70 bits per heavy atom. The average molecular weight is 292 g/mol.